The van der Waals surface area contributed by atoms with Crippen molar-refractivity contribution in [2.75, 3.05) is 11.9 Å². The lowest BCUT2D eigenvalue weighted by molar-refractivity contribution is 0.102. The highest BCUT2D eigenvalue weighted by atomic mass is 32.2. The van der Waals surface area contributed by atoms with E-state index >= 15 is 0 Å². The number of nitrogens with zero attached hydrogens (tertiary/aromatic N) is 2. The van der Waals surface area contributed by atoms with Crippen molar-refractivity contribution >= 4 is 43.3 Å². The van der Waals surface area contributed by atoms with E-state index in [9.17, 15) is 13.2 Å². The molecular formula is C18H20N4O3S2. The Balaban J connectivity index is 1.52. The molecule has 1 amide bonds. The van der Waals surface area contributed by atoms with Gasteiger partial charge in [-0.25, -0.2) is 13.4 Å². The molecule has 0 saturated heterocycles. The van der Waals surface area contributed by atoms with Gasteiger partial charge in [-0.15, -0.1) is 11.3 Å². The fourth-order valence-electron chi connectivity index (χ4n) is 3.10. The molecule has 0 fully saturated rings. The van der Waals surface area contributed by atoms with E-state index in [1.165, 1.54) is 15.6 Å². The second-order valence-corrected chi connectivity index (χ2v) is 10.4. The number of fused-ring (bicyclic) bond motifs is 2. The van der Waals surface area contributed by atoms with E-state index in [2.05, 4.69) is 15.3 Å². The topological polar surface area (TPSA) is 95.2 Å². The Morgan fingerprint density at radius 2 is 2.11 bits per heavy atom. The first-order valence-electron chi connectivity index (χ1n) is 8.71. The van der Waals surface area contributed by atoms with E-state index in [0.29, 0.717) is 30.3 Å². The van der Waals surface area contributed by atoms with Gasteiger partial charge in [-0.3, -0.25) is 10.1 Å². The summed E-state index contributed by atoms with van der Waals surface area (Å²) in [6, 6.07) is 9.48. The summed E-state index contributed by atoms with van der Waals surface area (Å²) in [5.41, 5.74) is 2.23. The number of hydrogen-bond acceptors (Lipinski definition) is 5. The van der Waals surface area contributed by atoms with Crippen LogP contribution in [0.15, 0.2) is 30.3 Å². The SMILES string of the molecule is CC(C)S(=O)(=O)N1CCc2nc(NC(=O)c3cc4ccccc4[nH]3)sc2C1. The van der Waals surface area contributed by atoms with Gasteiger partial charge in [0.1, 0.15) is 5.69 Å². The predicted octanol–water partition coefficient (Wildman–Crippen LogP) is 2.97. The number of aromatic nitrogens is 2. The average molecular weight is 405 g/mol. The lowest BCUT2D eigenvalue weighted by atomic mass is 10.2. The Kier molecular flexibility index (Phi) is 4.53. The molecule has 142 valence electrons. The summed E-state index contributed by atoms with van der Waals surface area (Å²) < 4.78 is 26.3. The van der Waals surface area contributed by atoms with Crippen LogP contribution in [0.2, 0.25) is 0 Å². The molecule has 2 N–H and O–H groups in total. The van der Waals surface area contributed by atoms with Crippen molar-refractivity contribution in [1.82, 2.24) is 14.3 Å². The molecule has 1 aliphatic rings. The molecule has 1 aliphatic heterocycles. The third-order valence-corrected chi connectivity index (χ3v) is 7.87. The molecule has 1 aromatic carbocycles. The van der Waals surface area contributed by atoms with Gasteiger partial charge in [-0.05, 0) is 26.0 Å². The molecular weight excluding hydrogens is 384 g/mol. The normalized spacial score (nSPS) is 15.2. The molecule has 0 spiro atoms. The molecule has 0 aliphatic carbocycles. The van der Waals surface area contributed by atoms with Crippen LogP contribution in [0.25, 0.3) is 10.9 Å². The van der Waals surface area contributed by atoms with Crippen molar-refractivity contribution < 1.29 is 13.2 Å². The Bertz CT molecular complexity index is 1080. The van der Waals surface area contributed by atoms with E-state index in [-0.39, 0.29) is 5.91 Å². The first-order valence-corrected chi connectivity index (χ1v) is 11.0. The van der Waals surface area contributed by atoms with Gasteiger partial charge in [-0.2, -0.15) is 4.31 Å². The Labute approximate surface area is 161 Å². The smallest absolute Gasteiger partial charge is 0.273 e. The zero-order valence-corrected chi connectivity index (χ0v) is 16.7. The third-order valence-electron chi connectivity index (χ3n) is 4.65. The van der Waals surface area contributed by atoms with Crippen LogP contribution in [-0.4, -0.2) is 40.4 Å². The summed E-state index contributed by atoms with van der Waals surface area (Å²) in [7, 11) is -3.29. The van der Waals surface area contributed by atoms with Crippen molar-refractivity contribution in [3.05, 3.63) is 46.6 Å². The van der Waals surface area contributed by atoms with Gasteiger partial charge in [0.05, 0.1) is 10.9 Å². The zero-order chi connectivity index (χ0) is 19.2. The summed E-state index contributed by atoms with van der Waals surface area (Å²) in [4.78, 5) is 21.0. The molecule has 0 radical (unpaired) electrons. The number of carbonyl (C=O) groups is 1. The van der Waals surface area contributed by atoms with Gasteiger partial charge in [0, 0.05) is 35.3 Å². The van der Waals surface area contributed by atoms with Crippen molar-refractivity contribution in [3.8, 4) is 0 Å². The van der Waals surface area contributed by atoms with Gasteiger partial charge in [0.2, 0.25) is 10.0 Å². The van der Waals surface area contributed by atoms with Crippen LogP contribution in [0, 0.1) is 0 Å². The zero-order valence-electron chi connectivity index (χ0n) is 15.0. The Morgan fingerprint density at radius 1 is 1.33 bits per heavy atom. The monoisotopic (exact) mass is 404 g/mol. The summed E-state index contributed by atoms with van der Waals surface area (Å²) >= 11 is 1.33. The predicted molar refractivity (Wildman–Crippen MR) is 107 cm³/mol. The number of carbonyl (C=O) groups excluding carboxylic acids is 1. The van der Waals surface area contributed by atoms with Gasteiger partial charge in [0.25, 0.3) is 5.91 Å². The molecule has 3 aromatic rings. The maximum atomic E-state index is 12.5. The lowest BCUT2D eigenvalue weighted by Gasteiger charge is -2.26. The second kappa shape index (κ2) is 6.74. The first-order chi connectivity index (χ1) is 12.8. The molecule has 3 heterocycles. The maximum absolute atomic E-state index is 12.5. The number of hydrogen-bond donors (Lipinski definition) is 2. The van der Waals surface area contributed by atoms with Crippen LogP contribution in [0.4, 0.5) is 5.13 Å². The Hall–Kier alpha value is -2.23. The first kappa shape index (κ1) is 18.1. The van der Waals surface area contributed by atoms with E-state index in [1.807, 2.05) is 24.3 Å². The summed E-state index contributed by atoms with van der Waals surface area (Å²) in [6.45, 7) is 4.11. The van der Waals surface area contributed by atoms with Crippen LogP contribution in [-0.2, 0) is 23.0 Å². The van der Waals surface area contributed by atoms with Crippen molar-refractivity contribution in [2.45, 2.75) is 32.1 Å². The number of benzene rings is 1. The molecule has 27 heavy (non-hydrogen) atoms. The fraction of sp³-hybridized carbons (Fsp3) is 0.333. The number of aromatic amines is 1. The number of nitrogens with one attached hydrogen (secondary N) is 2. The minimum Gasteiger partial charge on any atom is -0.351 e. The van der Waals surface area contributed by atoms with E-state index < -0.39 is 15.3 Å². The molecule has 7 nitrogen and oxygen atoms in total. The molecule has 0 atom stereocenters. The Morgan fingerprint density at radius 3 is 2.85 bits per heavy atom. The van der Waals surface area contributed by atoms with Gasteiger partial charge in [-0.1, -0.05) is 18.2 Å². The van der Waals surface area contributed by atoms with Crippen molar-refractivity contribution in [3.63, 3.8) is 0 Å². The number of amides is 1. The van der Waals surface area contributed by atoms with E-state index in [1.54, 1.807) is 19.9 Å². The number of para-hydroxylation sites is 1. The largest absolute Gasteiger partial charge is 0.351 e. The summed E-state index contributed by atoms with van der Waals surface area (Å²) in [5, 5.41) is 3.83. The number of anilines is 1. The average Bonchev–Trinajstić information content (AvgIpc) is 3.24. The second-order valence-electron chi connectivity index (χ2n) is 6.79. The number of H-pyrrole nitrogens is 1. The van der Waals surface area contributed by atoms with Crippen LogP contribution >= 0.6 is 11.3 Å². The summed E-state index contributed by atoms with van der Waals surface area (Å²) in [6.07, 6.45) is 0.556. The molecule has 9 heteroatoms. The van der Waals surface area contributed by atoms with Crippen LogP contribution in [0.1, 0.15) is 34.9 Å². The van der Waals surface area contributed by atoms with Gasteiger partial charge in [0.15, 0.2) is 5.13 Å². The van der Waals surface area contributed by atoms with Crippen molar-refractivity contribution in [1.29, 1.82) is 0 Å². The van der Waals surface area contributed by atoms with Crippen LogP contribution < -0.4 is 5.32 Å². The van der Waals surface area contributed by atoms with Crippen LogP contribution in [0.5, 0.6) is 0 Å². The van der Waals surface area contributed by atoms with Crippen LogP contribution in [0.3, 0.4) is 0 Å². The third kappa shape index (κ3) is 3.38. The number of thiazole rings is 1. The van der Waals surface area contributed by atoms with Crippen molar-refractivity contribution in [2.24, 2.45) is 0 Å². The molecule has 4 rings (SSSR count). The fourth-order valence-corrected chi connectivity index (χ4v) is 5.45. The minimum absolute atomic E-state index is 0.260. The summed E-state index contributed by atoms with van der Waals surface area (Å²) in [5.74, 6) is -0.260. The number of sulfonamides is 1. The molecule has 0 saturated carbocycles. The quantitative estimate of drug-likeness (QED) is 0.699. The van der Waals surface area contributed by atoms with Gasteiger partial charge < -0.3 is 4.98 Å². The highest BCUT2D eigenvalue weighted by Crippen LogP contribution is 2.30. The minimum atomic E-state index is -3.29. The number of rotatable bonds is 4. The van der Waals surface area contributed by atoms with E-state index in [0.717, 1.165) is 21.5 Å². The van der Waals surface area contributed by atoms with E-state index in [4.69, 9.17) is 0 Å². The molecule has 0 bridgehead atoms. The molecule has 0 unspecified atom stereocenters. The molecule has 2 aromatic heterocycles. The van der Waals surface area contributed by atoms with Gasteiger partial charge >= 0.3 is 0 Å². The lowest BCUT2D eigenvalue weighted by Crippen LogP contribution is -2.39. The standard InChI is InChI=1S/C18H20N4O3S2/c1-11(2)27(24,25)22-8-7-14-16(10-22)26-18(20-14)21-17(23)15-9-12-5-3-4-6-13(12)19-15/h3-6,9,11,19H,7-8,10H2,1-2H3,(H,20,21,23). The maximum Gasteiger partial charge on any atom is 0.273 e. The highest BCUT2D eigenvalue weighted by Gasteiger charge is 2.31. The highest BCUT2D eigenvalue weighted by molar-refractivity contribution is 7.89.